The number of nitrogens with zero attached hydrogens (tertiary/aromatic N) is 2. The van der Waals surface area contributed by atoms with Crippen molar-refractivity contribution in [2.45, 2.75) is 26.7 Å². The van der Waals surface area contributed by atoms with Gasteiger partial charge in [0, 0.05) is 31.6 Å². The molecule has 0 heterocycles. The lowest BCUT2D eigenvalue weighted by molar-refractivity contribution is -0.124. The van der Waals surface area contributed by atoms with Gasteiger partial charge in [0.1, 0.15) is 5.75 Å². The Labute approximate surface area is 171 Å². The van der Waals surface area contributed by atoms with Crippen LogP contribution in [0.1, 0.15) is 32.3 Å². The lowest BCUT2D eigenvalue weighted by Crippen LogP contribution is -2.21. The smallest absolute Gasteiger partial charge is 0.240 e. The van der Waals surface area contributed by atoms with Crippen LogP contribution in [-0.2, 0) is 9.59 Å². The Morgan fingerprint density at radius 3 is 2.31 bits per heavy atom. The van der Waals surface area contributed by atoms with Crippen LogP contribution in [-0.4, -0.2) is 38.2 Å². The third-order valence-electron chi connectivity index (χ3n) is 4.38. The molecule has 0 saturated heterocycles. The monoisotopic (exact) mass is 396 g/mol. The van der Waals surface area contributed by atoms with Crippen molar-refractivity contribution in [3.63, 3.8) is 0 Å². The topological polar surface area (TPSA) is 83.0 Å². The molecule has 0 aliphatic heterocycles. The van der Waals surface area contributed by atoms with E-state index in [1.807, 2.05) is 30.3 Å². The quantitative estimate of drug-likeness (QED) is 0.476. The largest absolute Gasteiger partial charge is 0.495 e. The van der Waals surface area contributed by atoms with Gasteiger partial charge in [-0.2, -0.15) is 5.10 Å². The van der Waals surface area contributed by atoms with Crippen LogP contribution in [0.5, 0.6) is 5.75 Å². The van der Waals surface area contributed by atoms with Crippen LogP contribution in [0, 0.1) is 0 Å². The zero-order chi connectivity index (χ0) is 21.1. The molecule has 2 N–H and O–H groups in total. The van der Waals surface area contributed by atoms with Gasteiger partial charge in [-0.05, 0) is 43.7 Å². The first-order chi connectivity index (χ1) is 14.1. The zero-order valence-electron chi connectivity index (χ0n) is 17.1. The molecule has 0 aromatic heterocycles. The van der Waals surface area contributed by atoms with E-state index in [9.17, 15) is 9.59 Å². The van der Waals surface area contributed by atoms with E-state index in [1.165, 1.54) is 7.11 Å². The van der Waals surface area contributed by atoms with Gasteiger partial charge in [-0.1, -0.05) is 24.3 Å². The number of hydrazone groups is 1. The number of nitrogens with one attached hydrogen (secondary N) is 2. The Hall–Kier alpha value is -3.35. The first kappa shape index (κ1) is 21.9. The predicted octanol–water partition coefficient (Wildman–Crippen LogP) is 3.41. The highest BCUT2D eigenvalue weighted by Gasteiger charge is 2.09. The molecule has 0 spiro atoms. The minimum atomic E-state index is -0.323. The Bertz CT molecular complexity index is 830. The molecule has 0 bridgehead atoms. The summed E-state index contributed by atoms with van der Waals surface area (Å²) in [4.78, 5) is 26.2. The van der Waals surface area contributed by atoms with Gasteiger partial charge in [0.25, 0.3) is 0 Å². The summed E-state index contributed by atoms with van der Waals surface area (Å²) in [5.74, 6) is -0.0151. The van der Waals surface area contributed by atoms with E-state index >= 15 is 0 Å². The zero-order valence-corrected chi connectivity index (χ0v) is 17.1. The van der Waals surface area contributed by atoms with E-state index in [4.69, 9.17) is 4.74 Å². The Balaban J connectivity index is 1.77. The average molecular weight is 396 g/mol. The summed E-state index contributed by atoms with van der Waals surface area (Å²) in [6.07, 6.45) is 1.68. The lowest BCUT2D eigenvalue weighted by atomic mass is 10.2. The standard InChI is InChI=1S/C22H28N4O3/c1-4-26(5-2)18-12-10-17(11-13-18)16-23-25-22(28)15-14-21(27)24-19-8-6-7-9-20(19)29-3/h6-13,16H,4-5,14-15H2,1-3H3,(H,24,27)(H,25,28). The number of rotatable bonds is 10. The van der Waals surface area contributed by atoms with Gasteiger partial charge in [0.2, 0.25) is 11.8 Å². The molecule has 2 aromatic carbocycles. The summed E-state index contributed by atoms with van der Waals surface area (Å²) in [6.45, 7) is 6.13. The summed E-state index contributed by atoms with van der Waals surface area (Å²) < 4.78 is 5.18. The minimum Gasteiger partial charge on any atom is -0.495 e. The van der Waals surface area contributed by atoms with Gasteiger partial charge in [-0.25, -0.2) is 5.43 Å². The fourth-order valence-electron chi connectivity index (χ4n) is 2.78. The molecule has 154 valence electrons. The van der Waals surface area contributed by atoms with Crippen molar-refractivity contribution < 1.29 is 14.3 Å². The van der Waals surface area contributed by atoms with Crippen molar-refractivity contribution in [1.29, 1.82) is 0 Å². The molecule has 0 aliphatic rings. The summed E-state index contributed by atoms with van der Waals surface area (Å²) in [6, 6.07) is 15.1. The van der Waals surface area contributed by atoms with Crippen LogP contribution in [0.15, 0.2) is 53.6 Å². The predicted molar refractivity (Wildman–Crippen MR) is 117 cm³/mol. The Morgan fingerprint density at radius 2 is 1.66 bits per heavy atom. The number of methoxy groups -OCH3 is 1. The second-order valence-electron chi connectivity index (χ2n) is 6.31. The van der Waals surface area contributed by atoms with Crippen LogP contribution < -0.4 is 20.4 Å². The van der Waals surface area contributed by atoms with Gasteiger partial charge in [-0.3, -0.25) is 9.59 Å². The van der Waals surface area contributed by atoms with Crippen LogP contribution in [0.25, 0.3) is 0 Å². The van der Waals surface area contributed by atoms with Crippen molar-refractivity contribution in [3.05, 3.63) is 54.1 Å². The highest BCUT2D eigenvalue weighted by molar-refractivity contribution is 5.94. The number of amides is 2. The lowest BCUT2D eigenvalue weighted by Gasteiger charge is -2.20. The van der Waals surface area contributed by atoms with Crippen molar-refractivity contribution in [3.8, 4) is 5.75 Å². The molecule has 2 aromatic rings. The number of carbonyl (C=O) groups excluding carboxylic acids is 2. The average Bonchev–Trinajstić information content (AvgIpc) is 2.74. The van der Waals surface area contributed by atoms with Crippen molar-refractivity contribution >= 4 is 29.4 Å². The van der Waals surface area contributed by atoms with Gasteiger partial charge >= 0.3 is 0 Å². The van der Waals surface area contributed by atoms with E-state index in [2.05, 4.69) is 34.6 Å². The fraction of sp³-hybridized carbons (Fsp3) is 0.318. The Kier molecular flexibility index (Phi) is 8.69. The molecule has 7 nitrogen and oxygen atoms in total. The number of anilines is 2. The maximum absolute atomic E-state index is 12.0. The second kappa shape index (κ2) is 11.5. The summed E-state index contributed by atoms with van der Waals surface area (Å²) in [7, 11) is 1.54. The molecule has 0 fully saturated rings. The normalized spacial score (nSPS) is 10.6. The van der Waals surface area contributed by atoms with Crippen LogP contribution in [0.4, 0.5) is 11.4 Å². The molecule has 0 saturated carbocycles. The number of ether oxygens (including phenoxy) is 1. The summed E-state index contributed by atoms with van der Waals surface area (Å²) >= 11 is 0. The van der Waals surface area contributed by atoms with E-state index in [-0.39, 0.29) is 24.7 Å². The minimum absolute atomic E-state index is 0.0409. The molecule has 0 aliphatic carbocycles. The van der Waals surface area contributed by atoms with E-state index < -0.39 is 0 Å². The number of benzene rings is 2. The SMILES string of the molecule is CCN(CC)c1ccc(C=NNC(=O)CCC(=O)Nc2ccccc2OC)cc1. The van der Waals surface area contributed by atoms with Gasteiger partial charge in [-0.15, -0.1) is 0 Å². The fourth-order valence-corrected chi connectivity index (χ4v) is 2.78. The number of hydrogen-bond donors (Lipinski definition) is 2. The molecule has 2 amide bonds. The molecule has 7 heteroatoms. The van der Waals surface area contributed by atoms with Crippen LogP contribution >= 0.6 is 0 Å². The Morgan fingerprint density at radius 1 is 1.00 bits per heavy atom. The maximum atomic E-state index is 12.0. The number of para-hydroxylation sites is 2. The van der Waals surface area contributed by atoms with Crippen molar-refractivity contribution in [2.24, 2.45) is 5.10 Å². The number of carbonyl (C=O) groups is 2. The summed E-state index contributed by atoms with van der Waals surface area (Å²) in [5.41, 5.74) is 5.06. The molecular weight excluding hydrogens is 368 g/mol. The third-order valence-corrected chi connectivity index (χ3v) is 4.38. The maximum Gasteiger partial charge on any atom is 0.240 e. The molecule has 2 rings (SSSR count). The van der Waals surface area contributed by atoms with Crippen molar-refractivity contribution in [1.82, 2.24) is 5.43 Å². The molecular formula is C22H28N4O3. The molecule has 0 radical (unpaired) electrons. The summed E-state index contributed by atoms with van der Waals surface area (Å²) in [5, 5.41) is 6.69. The van der Waals surface area contributed by atoms with Gasteiger partial charge in [0.05, 0.1) is 19.0 Å². The van der Waals surface area contributed by atoms with Crippen LogP contribution in [0.2, 0.25) is 0 Å². The second-order valence-corrected chi connectivity index (χ2v) is 6.31. The highest BCUT2D eigenvalue weighted by Crippen LogP contribution is 2.23. The van der Waals surface area contributed by atoms with E-state index in [1.54, 1.807) is 24.4 Å². The van der Waals surface area contributed by atoms with Crippen LogP contribution in [0.3, 0.4) is 0 Å². The van der Waals surface area contributed by atoms with Gasteiger partial charge in [0.15, 0.2) is 0 Å². The molecule has 0 unspecified atom stereocenters. The third kappa shape index (κ3) is 6.95. The first-order valence-electron chi connectivity index (χ1n) is 9.67. The highest BCUT2D eigenvalue weighted by atomic mass is 16.5. The van der Waals surface area contributed by atoms with Gasteiger partial charge < -0.3 is 15.0 Å². The number of hydrogen-bond acceptors (Lipinski definition) is 5. The first-order valence-corrected chi connectivity index (χ1v) is 9.67. The van der Waals surface area contributed by atoms with Crippen molar-refractivity contribution in [2.75, 3.05) is 30.4 Å². The van der Waals surface area contributed by atoms with E-state index in [0.717, 1.165) is 24.3 Å². The molecule has 0 atom stereocenters. The molecule has 29 heavy (non-hydrogen) atoms. The van der Waals surface area contributed by atoms with E-state index in [0.29, 0.717) is 11.4 Å².